The van der Waals surface area contributed by atoms with E-state index >= 15 is 0 Å². The van der Waals surface area contributed by atoms with E-state index in [1.165, 1.54) is 0 Å². The van der Waals surface area contributed by atoms with E-state index < -0.39 is 5.97 Å². The summed E-state index contributed by atoms with van der Waals surface area (Å²) in [5.41, 5.74) is 1.83. The van der Waals surface area contributed by atoms with Gasteiger partial charge in [0.2, 0.25) is 0 Å². The second-order valence-electron chi connectivity index (χ2n) is 4.74. The molecule has 120 valence electrons. The van der Waals surface area contributed by atoms with Crippen LogP contribution in [0.15, 0.2) is 48.5 Å². The van der Waals surface area contributed by atoms with Crippen LogP contribution in [0.1, 0.15) is 15.9 Å². The lowest BCUT2D eigenvalue weighted by Crippen LogP contribution is -2.28. The van der Waals surface area contributed by atoms with E-state index in [0.29, 0.717) is 16.3 Å². The number of hydrogen-bond acceptors (Lipinski definition) is 4. The number of halogens is 1. The Labute approximate surface area is 139 Å². The predicted octanol–water partition coefficient (Wildman–Crippen LogP) is 2.85. The molecule has 2 N–H and O–H groups in total. The minimum atomic E-state index is -0.553. The Kier molecular flexibility index (Phi) is 6.00. The van der Waals surface area contributed by atoms with Gasteiger partial charge in [-0.1, -0.05) is 41.9 Å². The summed E-state index contributed by atoms with van der Waals surface area (Å²) in [7, 11) is 1.71. The van der Waals surface area contributed by atoms with Crippen molar-refractivity contribution in [2.24, 2.45) is 0 Å². The van der Waals surface area contributed by atoms with Crippen LogP contribution >= 0.6 is 11.6 Å². The van der Waals surface area contributed by atoms with Gasteiger partial charge in [-0.05, 0) is 23.8 Å². The molecule has 23 heavy (non-hydrogen) atoms. The minimum Gasteiger partial charge on any atom is -0.452 e. The van der Waals surface area contributed by atoms with Crippen LogP contribution in [0.2, 0.25) is 5.02 Å². The van der Waals surface area contributed by atoms with Crippen molar-refractivity contribution < 1.29 is 14.3 Å². The molecule has 0 saturated heterocycles. The Morgan fingerprint density at radius 3 is 2.52 bits per heavy atom. The van der Waals surface area contributed by atoms with Crippen molar-refractivity contribution in [3.8, 4) is 0 Å². The Hall–Kier alpha value is -2.53. The summed E-state index contributed by atoms with van der Waals surface area (Å²) in [6.45, 7) is -0.0650. The highest BCUT2D eigenvalue weighted by molar-refractivity contribution is 6.31. The van der Waals surface area contributed by atoms with Gasteiger partial charge in [0.15, 0.2) is 6.61 Å². The van der Waals surface area contributed by atoms with Crippen LogP contribution in [0.25, 0.3) is 0 Å². The maximum atomic E-state index is 12.0. The first kappa shape index (κ1) is 16.8. The molecule has 0 saturated carbocycles. The number of nitrogens with one attached hydrogen (secondary N) is 2. The minimum absolute atomic E-state index is 0.281. The highest BCUT2D eigenvalue weighted by Crippen LogP contribution is 2.15. The number of benzene rings is 2. The molecule has 0 bridgehead atoms. The summed E-state index contributed by atoms with van der Waals surface area (Å²) in [5.74, 6) is -0.942. The third-order valence-electron chi connectivity index (χ3n) is 3.18. The molecule has 2 rings (SSSR count). The topological polar surface area (TPSA) is 67.4 Å². The molecule has 0 atom stereocenters. The number of esters is 1. The molecule has 6 heteroatoms. The molecular formula is C17H17ClN2O3. The van der Waals surface area contributed by atoms with Crippen LogP contribution in [0.3, 0.4) is 0 Å². The molecule has 0 spiro atoms. The smallest absolute Gasteiger partial charge is 0.340 e. The number of hydrogen-bond donors (Lipinski definition) is 2. The summed E-state index contributed by atoms with van der Waals surface area (Å²) in [6.07, 6.45) is 0. The maximum absolute atomic E-state index is 12.0. The van der Waals surface area contributed by atoms with E-state index in [0.717, 1.165) is 5.56 Å². The maximum Gasteiger partial charge on any atom is 0.340 e. The normalized spacial score (nSPS) is 10.0. The van der Waals surface area contributed by atoms with E-state index in [1.807, 2.05) is 18.2 Å². The van der Waals surface area contributed by atoms with Crippen LogP contribution < -0.4 is 10.6 Å². The third-order valence-corrected chi connectivity index (χ3v) is 3.55. The van der Waals surface area contributed by atoms with Crippen molar-refractivity contribution in [2.45, 2.75) is 6.54 Å². The predicted molar refractivity (Wildman–Crippen MR) is 89.6 cm³/mol. The van der Waals surface area contributed by atoms with Crippen molar-refractivity contribution >= 4 is 29.2 Å². The Morgan fingerprint density at radius 2 is 1.78 bits per heavy atom. The van der Waals surface area contributed by atoms with Crippen LogP contribution in [0, 0.1) is 0 Å². The molecule has 0 aliphatic carbocycles. The van der Waals surface area contributed by atoms with Gasteiger partial charge >= 0.3 is 5.97 Å². The van der Waals surface area contributed by atoms with Gasteiger partial charge in [0.1, 0.15) is 0 Å². The van der Waals surface area contributed by atoms with E-state index in [9.17, 15) is 9.59 Å². The first-order valence-corrected chi connectivity index (χ1v) is 7.43. The van der Waals surface area contributed by atoms with Gasteiger partial charge in [-0.15, -0.1) is 0 Å². The lowest BCUT2D eigenvalue weighted by Gasteiger charge is -2.10. The summed E-state index contributed by atoms with van der Waals surface area (Å²) in [5, 5.41) is 6.14. The molecule has 0 aromatic heterocycles. The number of carbonyl (C=O) groups is 2. The molecule has 0 heterocycles. The van der Waals surface area contributed by atoms with E-state index in [1.54, 1.807) is 37.4 Å². The van der Waals surface area contributed by atoms with Gasteiger partial charge < -0.3 is 15.4 Å². The van der Waals surface area contributed by atoms with E-state index in [2.05, 4.69) is 10.6 Å². The number of anilines is 1. The molecule has 1 amide bonds. The molecular weight excluding hydrogens is 316 g/mol. The van der Waals surface area contributed by atoms with Gasteiger partial charge in [-0.3, -0.25) is 4.79 Å². The molecule has 0 fully saturated rings. The van der Waals surface area contributed by atoms with Crippen LogP contribution in [-0.2, 0) is 16.1 Å². The Balaban J connectivity index is 1.84. The first-order chi connectivity index (χ1) is 11.1. The van der Waals surface area contributed by atoms with E-state index in [-0.39, 0.29) is 19.1 Å². The van der Waals surface area contributed by atoms with E-state index in [4.69, 9.17) is 16.3 Å². The van der Waals surface area contributed by atoms with Gasteiger partial charge in [-0.25, -0.2) is 4.79 Å². The second-order valence-corrected chi connectivity index (χ2v) is 5.15. The number of ether oxygens (including phenoxy) is 1. The standard InChI is InChI=1S/C17H17ClN2O3/c1-19-15-9-5-3-7-13(15)17(22)23-11-16(21)20-10-12-6-2-4-8-14(12)18/h2-9,19H,10-11H2,1H3,(H,20,21). The Bertz CT molecular complexity index is 704. The zero-order chi connectivity index (χ0) is 16.7. The summed E-state index contributed by atoms with van der Waals surface area (Å²) >= 11 is 6.01. The summed E-state index contributed by atoms with van der Waals surface area (Å²) in [6, 6.07) is 14.1. The third kappa shape index (κ3) is 4.72. The van der Waals surface area contributed by atoms with Crippen molar-refractivity contribution in [1.82, 2.24) is 5.32 Å². The first-order valence-electron chi connectivity index (χ1n) is 7.06. The van der Waals surface area contributed by atoms with Crippen LogP contribution in [0.5, 0.6) is 0 Å². The van der Waals surface area contributed by atoms with Crippen molar-refractivity contribution in [3.05, 3.63) is 64.7 Å². The monoisotopic (exact) mass is 332 g/mol. The number of para-hydroxylation sites is 1. The molecule has 2 aromatic carbocycles. The highest BCUT2D eigenvalue weighted by Gasteiger charge is 2.13. The van der Waals surface area contributed by atoms with Crippen molar-refractivity contribution in [3.63, 3.8) is 0 Å². The average Bonchev–Trinajstić information content (AvgIpc) is 2.58. The molecule has 5 nitrogen and oxygen atoms in total. The largest absolute Gasteiger partial charge is 0.452 e. The molecule has 0 aliphatic rings. The van der Waals surface area contributed by atoms with Crippen LogP contribution in [-0.4, -0.2) is 25.5 Å². The second kappa shape index (κ2) is 8.19. The zero-order valence-electron chi connectivity index (χ0n) is 12.6. The van der Waals surface area contributed by atoms with Gasteiger partial charge in [-0.2, -0.15) is 0 Å². The molecule has 2 aromatic rings. The van der Waals surface area contributed by atoms with Gasteiger partial charge in [0.05, 0.1) is 5.56 Å². The quantitative estimate of drug-likeness (QED) is 0.798. The number of carbonyl (C=O) groups excluding carboxylic acids is 2. The zero-order valence-corrected chi connectivity index (χ0v) is 13.4. The fourth-order valence-electron chi connectivity index (χ4n) is 1.97. The van der Waals surface area contributed by atoms with Gasteiger partial charge in [0.25, 0.3) is 5.91 Å². The molecule has 0 aliphatic heterocycles. The Morgan fingerprint density at radius 1 is 1.09 bits per heavy atom. The summed E-state index contributed by atoms with van der Waals surface area (Å²) < 4.78 is 5.03. The summed E-state index contributed by atoms with van der Waals surface area (Å²) in [4.78, 5) is 23.8. The lowest BCUT2D eigenvalue weighted by atomic mass is 10.2. The SMILES string of the molecule is CNc1ccccc1C(=O)OCC(=O)NCc1ccccc1Cl. The fourth-order valence-corrected chi connectivity index (χ4v) is 2.18. The molecule has 0 radical (unpaired) electrons. The average molecular weight is 333 g/mol. The number of rotatable bonds is 6. The van der Waals surface area contributed by atoms with Crippen molar-refractivity contribution in [2.75, 3.05) is 19.0 Å². The molecule has 0 unspecified atom stereocenters. The number of amides is 1. The highest BCUT2D eigenvalue weighted by atomic mass is 35.5. The van der Waals surface area contributed by atoms with Crippen molar-refractivity contribution in [1.29, 1.82) is 0 Å². The van der Waals surface area contributed by atoms with Gasteiger partial charge in [0, 0.05) is 24.3 Å². The van der Waals surface area contributed by atoms with Crippen LogP contribution in [0.4, 0.5) is 5.69 Å². The fraction of sp³-hybridized carbons (Fsp3) is 0.176. The lowest BCUT2D eigenvalue weighted by molar-refractivity contribution is -0.124.